The van der Waals surface area contributed by atoms with Gasteiger partial charge in [0.1, 0.15) is 12.4 Å². The number of ether oxygens (including phenoxy) is 1. The Morgan fingerprint density at radius 3 is 1.82 bits per heavy atom. The molecule has 0 aliphatic rings. The average molecular weight is 326 g/mol. The van der Waals surface area contributed by atoms with Crippen LogP contribution in [0.5, 0.6) is 5.75 Å². The molecule has 0 unspecified atom stereocenters. The van der Waals surface area contributed by atoms with Crippen molar-refractivity contribution in [2.45, 2.75) is 19.0 Å². The van der Waals surface area contributed by atoms with Crippen molar-refractivity contribution >= 4 is 0 Å². The number of benzene rings is 1. The molecule has 4 nitrogen and oxygen atoms in total. The molecule has 10 heteroatoms. The van der Waals surface area contributed by atoms with E-state index in [1.54, 1.807) is 0 Å². The summed E-state index contributed by atoms with van der Waals surface area (Å²) in [6, 6.07) is 1.99. The summed E-state index contributed by atoms with van der Waals surface area (Å²) >= 11 is 0. The third-order valence-corrected chi connectivity index (χ3v) is 2.61. The van der Waals surface area contributed by atoms with Gasteiger partial charge in [0.05, 0.1) is 16.8 Å². The van der Waals surface area contributed by atoms with Gasteiger partial charge in [-0.3, -0.25) is 15.0 Å². The molecule has 0 amide bonds. The molecule has 0 radical (unpaired) electrons. The van der Waals surface area contributed by atoms with Crippen molar-refractivity contribution in [3.05, 3.63) is 51.4 Å². The van der Waals surface area contributed by atoms with E-state index >= 15 is 0 Å². The summed E-state index contributed by atoms with van der Waals surface area (Å²) < 4.78 is 80.7. The Bertz CT molecular complexity index is 681. The van der Waals surface area contributed by atoms with Gasteiger partial charge in [-0.25, -0.2) is 0 Å². The molecule has 0 spiro atoms. The van der Waals surface area contributed by atoms with Gasteiger partial charge in [0, 0.05) is 6.07 Å². The van der Waals surface area contributed by atoms with Crippen molar-refractivity contribution in [1.29, 1.82) is 0 Å². The largest absolute Gasteiger partial charge is 0.487 e. The lowest BCUT2D eigenvalue weighted by Gasteiger charge is -2.14. The molecule has 120 valence electrons. The summed E-state index contributed by atoms with van der Waals surface area (Å²) in [5.74, 6) is -0.607. The summed E-state index contributed by atoms with van der Waals surface area (Å²) in [6.07, 6.45) is -9.89. The number of aromatic amines is 2. The van der Waals surface area contributed by atoms with Crippen molar-refractivity contribution in [2.24, 2.45) is 0 Å². The number of rotatable bonds is 3. The zero-order valence-corrected chi connectivity index (χ0v) is 10.6. The van der Waals surface area contributed by atoms with Gasteiger partial charge in [0.15, 0.2) is 0 Å². The quantitative estimate of drug-likeness (QED) is 0.850. The van der Waals surface area contributed by atoms with E-state index in [1.165, 1.54) is 0 Å². The zero-order chi connectivity index (χ0) is 16.5. The van der Waals surface area contributed by atoms with E-state index in [0.29, 0.717) is 12.1 Å². The number of alkyl halides is 6. The lowest BCUT2D eigenvalue weighted by Crippen LogP contribution is -2.11. The number of halogens is 6. The second kappa shape index (κ2) is 5.43. The van der Waals surface area contributed by atoms with E-state index in [1.807, 2.05) is 0 Å². The average Bonchev–Trinajstić information content (AvgIpc) is 2.80. The second-order valence-corrected chi connectivity index (χ2v) is 4.31. The number of hydrogen-bond donors (Lipinski definition) is 2. The highest BCUT2D eigenvalue weighted by Gasteiger charge is 2.37. The maximum atomic E-state index is 12.6. The maximum Gasteiger partial charge on any atom is 0.416 e. The van der Waals surface area contributed by atoms with E-state index in [9.17, 15) is 31.1 Å². The van der Waals surface area contributed by atoms with Crippen molar-refractivity contribution in [3.8, 4) is 5.75 Å². The van der Waals surface area contributed by atoms with Crippen LogP contribution in [0.1, 0.15) is 16.8 Å². The van der Waals surface area contributed by atoms with Crippen LogP contribution in [0.4, 0.5) is 26.3 Å². The number of hydrogen-bond acceptors (Lipinski definition) is 2. The molecule has 0 fully saturated rings. The van der Waals surface area contributed by atoms with Crippen molar-refractivity contribution in [1.82, 2.24) is 10.2 Å². The fourth-order valence-corrected chi connectivity index (χ4v) is 1.62. The van der Waals surface area contributed by atoms with Crippen LogP contribution in [-0.4, -0.2) is 10.2 Å². The molecule has 1 heterocycles. The fraction of sp³-hybridized carbons (Fsp3) is 0.250. The van der Waals surface area contributed by atoms with Gasteiger partial charge in [-0.2, -0.15) is 26.3 Å². The van der Waals surface area contributed by atoms with Gasteiger partial charge in [-0.15, -0.1) is 0 Å². The van der Waals surface area contributed by atoms with Gasteiger partial charge >= 0.3 is 12.4 Å². The van der Waals surface area contributed by atoms with Crippen molar-refractivity contribution in [2.75, 3.05) is 0 Å². The molecule has 1 aromatic carbocycles. The molecular formula is C12H8F6N2O2. The van der Waals surface area contributed by atoms with Crippen LogP contribution < -0.4 is 10.3 Å². The highest BCUT2D eigenvalue weighted by Crippen LogP contribution is 2.38. The van der Waals surface area contributed by atoms with Gasteiger partial charge in [0.25, 0.3) is 5.56 Å². The predicted molar refractivity (Wildman–Crippen MR) is 62.2 cm³/mol. The van der Waals surface area contributed by atoms with Crippen LogP contribution >= 0.6 is 0 Å². The third kappa shape index (κ3) is 3.83. The molecule has 22 heavy (non-hydrogen) atoms. The molecular weight excluding hydrogens is 318 g/mol. The van der Waals surface area contributed by atoms with E-state index in [0.717, 1.165) is 6.07 Å². The Morgan fingerprint density at radius 2 is 1.41 bits per heavy atom. The molecule has 0 aliphatic carbocycles. The first-order valence-electron chi connectivity index (χ1n) is 5.74. The first kappa shape index (κ1) is 16.0. The van der Waals surface area contributed by atoms with Crippen LogP contribution in [0.2, 0.25) is 0 Å². The van der Waals surface area contributed by atoms with Crippen LogP contribution in [0.3, 0.4) is 0 Å². The summed E-state index contributed by atoms with van der Waals surface area (Å²) in [6.45, 7) is -0.392. The van der Waals surface area contributed by atoms with Crippen LogP contribution in [-0.2, 0) is 19.0 Å². The van der Waals surface area contributed by atoms with Crippen molar-refractivity contribution < 1.29 is 31.1 Å². The lowest BCUT2D eigenvalue weighted by molar-refractivity contribution is -0.143. The Balaban J connectivity index is 2.31. The van der Waals surface area contributed by atoms with Crippen molar-refractivity contribution in [3.63, 3.8) is 0 Å². The zero-order valence-electron chi connectivity index (χ0n) is 10.6. The Labute approximate surface area is 118 Å². The van der Waals surface area contributed by atoms with Crippen LogP contribution in [0.15, 0.2) is 29.1 Å². The van der Waals surface area contributed by atoms with Crippen LogP contribution in [0, 0.1) is 0 Å². The standard InChI is InChI=1S/C12H8F6N2O2/c13-11(14,15)6-1-7(12(16,17)18)3-9(2-6)22-5-8-4-10(21)20-19-8/h1-4H,5H2,(H2,19,20,21). The second-order valence-electron chi connectivity index (χ2n) is 4.31. The third-order valence-electron chi connectivity index (χ3n) is 2.61. The smallest absolute Gasteiger partial charge is 0.416 e. The minimum atomic E-state index is -4.94. The molecule has 0 saturated heterocycles. The van der Waals surface area contributed by atoms with Gasteiger partial charge in [0.2, 0.25) is 0 Å². The summed E-state index contributed by atoms with van der Waals surface area (Å²) in [4.78, 5) is 10.8. The summed E-state index contributed by atoms with van der Waals surface area (Å²) in [5.41, 5.74) is -3.27. The fourth-order valence-electron chi connectivity index (χ4n) is 1.62. The Morgan fingerprint density at radius 1 is 0.864 bits per heavy atom. The molecule has 2 rings (SSSR count). The molecule has 1 aromatic heterocycles. The normalized spacial score (nSPS) is 12.5. The Kier molecular flexibility index (Phi) is 3.94. The Hall–Kier alpha value is -2.39. The van der Waals surface area contributed by atoms with Gasteiger partial charge < -0.3 is 4.74 Å². The lowest BCUT2D eigenvalue weighted by atomic mass is 10.1. The first-order valence-corrected chi connectivity index (χ1v) is 5.74. The summed E-state index contributed by atoms with van der Waals surface area (Å²) in [5, 5.41) is 4.51. The van der Waals surface area contributed by atoms with Gasteiger partial charge in [-0.05, 0) is 18.2 Å². The predicted octanol–water partition coefficient (Wildman–Crippen LogP) is 3.32. The van der Waals surface area contributed by atoms with E-state index < -0.39 is 41.4 Å². The minimum absolute atomic E-state index is 0.00499. The SMILES string of the molecule is O=c1cc(COc2cc(C(F)(F)F)cc(C(F)(F)F)c2)[nH][nH]1. The molecule has 0 aliphatic heterocycles. The number of nitrogens with one attached hydrogen (secondary N) is 2. The highest BCUT2D eigenvalue weighted by atomic mass is 19.4. The van der Waals surface area contributed by atoms with E-state index in [2.05, 4.69) is 10.2 Å². The van der Waals surface area contributed by atoms with E-state index in [4.69, 9.17) is 4.74 Å². The molecule has 0 atom stereocenters. The molecule has 0 bridgehead atoms. The maximum absolute atomic E-state index is 12.6. The minimum Gasteiger partial charge on any atom is -0.487 e. The number of H-pyrrole nitrogens is 2. The van der Waals surface area contributed by atoms with Gasteiger partial charge in [-0.1, -0.05) is 0 Å². The van der Waals surface area contributed by atoms with E-state index in [-0.39, 0.29) is 11.8 Å². The molecule has 0 saturated carbocycles. The molecule has 2 aromatic rings. The highest BCUT2D eigenvalue weighted by molar-refractivity contribution is 5.37. The molecule has 2 N–H and O–H groups in total. The first-order chi connectivity index (χ1) is 10.1. The van der Waals surface area contributed by atoms with Crippen LogP contribution in [0.25, 0.3) is 0 Å². The monoisotopic (exact) mass is 326 g/mol. The topological polar surface area (TPSA) is 57.9 Å². The summed E-state index contributed by atoms with van der Waals surface area (Å²) in [7, 11) is 0. The number of aromatic nitrogens is 2.